The number of aliphatic hydroxyl groups is 1. The van der Waals surface area contributed by atoms with E-state index in [9.17, 15) is 0 Å². The predicted molar refractivity (Wildman–Crippen MR) is 51.9 cm³/mol. The highest BCUT2D eigenvalue weighted by molar-refractivity contribution is 4.73. The molecule has 0 spiro atoms. The van der Waals surface area contributed by atoms with Crippen LogP contribution in [0.3, 0.4) is 0 Å². The third-order valence-electron chi connectivity index (χ3n) is 2.08. The van der Waals surface area contributed by atoms with Gasteiger partial charge in [0.2, 0.25) is 0 Å². The first kappa shape index (κ1) is 11.7. The van der Waals surface area contributed by atoms with E-state index in [0.717, 1.165) is 13.0 Å². The van der Waals surface area contributed by atoms with Crippen LogP contribution >= 0.6 is 0 Å². The van der Waals surface area contributed by atoms with Crippen molar-refractivity contribution in [2.24, 2.45) is 5.92 Å². The Morgan fingerprint density at radius 3 is 2.33 bits per heavy atom. The van der Waals surface area contributed by atoms with Crippen molar-refractivity contribution in [3.8, 4) is 0 Å². The average molecular weight is 172 g/mol. The third-order valence-corrected chi connectivity index (χ3v) is 2.08. The fourth-order valence-electron chi connectivity index (χ4n) is 1.20. The second-order valence-corrected chi connectivity index (χ2v) is 3.75. The number of rotatable bonds is 6. The Bertz CT molecular complexity index is 121. The molecule has 72 valence electrons. The molecule has 0 aromatic carbocycles. The van der Waals surface area contributed by atoms with Crippen LogP contribution < -0.4 is 5.32 Å². The Morgan fingerprint density at radius 2 is 2.00 bits per heavy atom. The first-order valence-electron chi connectivity index (χ1n) is 4.70. The van der Waals surface area contributed by atoms with Gasteiger partial charge in [-0.3, -0.25) is 0 Å². The third kappa shape index (κ3) is 5.33. The van der Waals surface area contributed by atoms with Gasteiger partial charge in [0.25, 0.3) is 0 Å². The van der Waals surface area contributed by atoms with Crippen molar-refractivity contribution in [1.29, 1.82) is 0 Å². The van der Waals surface area contributed by atoms with Gasteiger partial charge in [-0.25, -0.2) is 0 Å². The minimum Gasteiger partial charge on any atom is -0.388 e. The van der Waals surface area contributed by atoms with Gasteiger partial charge in [-0.1, -0.05) is 19.9 Å². The lowest BCUT2D eigenvalue weighted by atomic mass is 10.0. The van der Waals surface area contributed by atoms with Crippen molar-refractivity contribution < 1.29 is 10.4 Å². The fourth-order valence-corrected chi connectivity index (χ4v) is 1.20. The maximum Gasteiger partial charge on any atom is 0.102 e. The Labute approximate surface area is 75.7 Å². The average Bonchev–Trinajstić information content (AvgIpc) is 1.96. The van der Waals surface area contributed by atoms with Crippen LogP contribution in [0.4, 0.5) is 0 Å². The normalized spacial score (nSPS) is 16.1. The molecular weight excluding hydrogens is 150 g/mol. The van der Waals surface area contributed by atoms with E-state index in [4.69, 9.17) is 5.11 Å². The van der Waals surface area contributed by atoms with Crippen molar-refractivity contribution in [3.63, 3.8) is 0 Å². The van der Waals surface area contributed by atoms with Crippen LogP contribution in [0.1, 0.15) is 27.2 Å². The summed E-state index contributed by atoms with van der Waals surface area (Å²) in [4.78, 5) is 0. The number of nitrogens with two attached hydrogens (primary N) is 1. The topological polar surface area (TPSA) is 36.8 Å². The highest BCUT2D eigenvalue weighted by atomic mass is 16.3. The molecule has 12 heavy (non-hydrogen) atoms. The summed E-state index contributed by atoms with van der Waals surface area (Å²) in [7, 11) is 0. The van der Waals surface area contributed by atoms with Gasteiger partial charge in [-0.05, 0) is 6.92 Å². The van der Waals surface area contributed by atoms with Gasteiger partial charge in [-0.15, -0.1) is 6.58 Å². The molecule has 0 aliphatic heterocycles. The molecular formula is C10H22NO+. The minimum absolute atomic E-state index is 0.212. The van der Waals surface area contributed by atoms with Crippen molar-refractivity contribution >= 4 is 0 Å². The number of quaternary nitrogens is 1. The molecule has 0 radical (unpaired) electrons. The van der Waals surface area contributed by atoms with Crippen LogP contribution in [0, 0.1) is 5.92 Å². The zero-order valence-electron chi connectivity index (χ0n) is 8.46. The highest BCUT2D eigenvalue weighted by Gasteiger charge is 2.14. The molecule has 0 saturated heterocycles. The van der Waals surface area contributed by atoms with Gasteiger partial charge in [0.15, 0.2) is 0 Å². The molecule has 0 rings (SSSR count). The molecule has 0 fully saturated rings. The van der Waals surface area contributed by atoms with Gasteiger partial charge in [0.05, 0.1) is 12.1 Å². The lowest BCUT2D eigenvalue weighted by Crippen LogP contribution is -2.92. The molecule has 3 N–H and O–H groups in total. The number of hydrogen-bond acceptors (Lipinski definition) is 1. The highest BCUT2D eigenvalue weighted by Crippen LogP contribution is 2.01. The Kier molecular flexibility index (Phi) is 6.03. The standard InChI is InChI=1S/C10H21NO/c1-5-6-10(8(2)3)11-7-9(4)12/h5,8-12H,1,6-7H2,2-4H3/p+1/t9-,10+/m0/s1. The zero-order valence-corrected chi connectivity index (χ0v) is 8.46. The Hall–Kier alpha value is -0.340. The van der Waals surface area contributed by atoms with E-state index in [2.05, 4.69) is 25.7 Å². The van der Waals surface area contributed by atoms with E-state index in [1.54, 1.807) is 0 Å². The van der Waals surface area contributed by atoms with Gasteiger partial charge in [0.1, 0.15) is 6.54 Å². The molecule has 2 atom stereocenters. The van der Waals surface area contributed by atoms with Crippen molar-refractivity contribution in [3.05, 3.63) is 12.7 Å². The molecule has 2 heteroatoms. The van der Waals surface area contributed by atoms with Gasteiger partial charge in [-0.2, -0.15) is 0 Å². The smallest absolute Gasteiger partial charge is 0.102 e. The summed E-state index contributed by atoms with van der Waals surface area (Å²) in [6.45, 7) is 10.7. The molecule has 0 unspecified atom stereocenters. The molecule has 2 nitrogen and oxygen atoms in total. The quantitative estimate of drug-likeness (QED) is 0.563. The van der Waals surface area contributed by atoms with Gasteiger partial charge in [0, 0.05) is 12.3 Å². The van der Waals surface area contributed by atoms with E-state index in [-0.39, 0.29) is 6.10 Å². The lowest BCUT2D eigenvalue weighted by molar-refractivity contribution is -0.699. The largest absolute Gasteiger partial charge is 0.388 e. The van der Waals surface area contributed by atoms with Crippen LogP contribution in [-0.4, -0.2) is 23.8 Å². The molecule has 0 aliphatic rings. The van der Waals surface area contributed by atoms with Gasteiger partial charge < -0.3 is 10.4 Å². The first-order valence-corrected chi connectivity index (χ1v) is 4.70. The fraction of sp³-hybridized carbons (Fsp3) is 0.800. The van der Waals surface area contributed by atoms with Crippen LogP contribution in [0.2, 0.25) is 0 Å². The monoisotopic (exact) mass is 172 g/mol. The van der Waals surface area contributed by atoms with E-state index in [1.807, 2.05) is 13.0 Å². The Morgan fingerprint density at radius 1 is 1.42 bits per heavy atom. The summed E-state index contributed by atoms with van der Waals surface area (Å²) in [5, 5.41) is 11.3. The van der Waals surface area contributed by atoms with E-state index < -0.39 is 0 Å². The molecule has 0 aromatic heterocycles. The molecule has 0 heterocycles. The van der Waals surface area contributed by atoms with Crippen LogP contribution in [0.15, 0.2) is 12.7 Å². The molecule has 0 saturated carbocycles. The van der Waals surface area contributed by atoms with Gasteiger partial charge >= 0.3 is 0 Å². The van der Waals surface area contributed by atoms with E-state index in [1.165, 1.54) is 0 Å². The maximum absolute atomic E-state index is 9.09. The van der Waals surface area contributed by atoms with Crippen LogP contribution in [0.25, 0.3) is 0 Å². The van der Waals surface area contributed by atoms with Crippen molar-refractivity contribution in [1.82, 2.24) is 0 Å². The lowest BCUT2D eigenvalue weighted by Gasteiger charge is -2.18. The summed E-state index contributed by atoms with van der Waals surface area (Å²) in [6.07, 6.45) is 2.75. The van der Waals surface area contributed by atoms with Crippen LogP contribution in [-0.2, 0) is 0 Å². The summed E-state index contributed by atoms with van der Waals surface area (Å²) in [5.74, 6) is 0.641. The number of hydrogen-bond donors (Lipinski definition) is 2. The van der Waals surface area contributed by atoms with Crippen LogP contribution in [0.5, 0.6) is 0 Å². The minimum atomic E-state index is -0.212. The first-order chi connectivity index (χ1) is 5.57. The Balaban J connectivity index is 3.70. The summed E-state index contributed by atoms with van der Waals surface area (Å²) in [5.41, 5.74) is 0. The van der Waals surface area contributed by atoms with E-state index >= 15 is 0 Å². The summed E-state index contributed by atoms with van der Waals surface area (Å²) in [6, 6.07) is 0.567. The number of aliphatic hydroxyl groups excluding tert-OH is 1. The zero-order chi connectivity index (χ0) is 9.56. The molecule has 0 aromatic rings. The summed E-state index contributed by atoms with van der Waals surface area (Å²) >= 11 is 0. The predicted octanol–water partition coefficient (Wildman–Crippen LogP) is 0.531. The second kappa shape index (κ2) is 6.21. The summed E-state index contributed by atoms with van der Waals surface area (Å²) < 4.78 is 0. The molecule has 0 amide bonds. The van der Waals surface area contributed by atoms with Crippen molar-refractivity contribution in [2.45, 2.75) is 39.3 Å². The van der Waals surface area contributed by atoms with E-state index in [0.29, 0.717) is 12.0 Å². The molecule has 0 aliphatic carbocycles. The second-order valence-electron chi connectivity index (χ2n) is 3.75. The SMILES string of the molecule is C=CC[C@@H]([NH2+]C[C@H](C)O)C(C)C. The molecule has 0 bridgehead atoms. The van der Waals surface area contributed by atoms with Crippen molar-refractivity contribution in [2.75, 3.05) is 6.54 Å². The maximum atomic E-state index is 9.09.